The fraction of sp³-hybridized carbons (Fsp3) is 0.0108. The highest BCUT2D eigenvalue weighted by molar-refractivity contribution is 6.19. The number of para-hydroxylation sites is 2. The molecule has 0 unspecified atom stereocenters. The van der Waals surface area contributed by atoms with E-state index in [1.807, 2.05) is 103 Å². The Morgan fingerprint density at radius 2 is 0.564 bits per heavy atom. The van der Waals surface area contributed by atoms with Crippen LogP contribution in [0.2, 0.25) is 0 Å². The van der Waals surface area contributed by atoms with Gasteiger partial charge in [0, 0.05) is 65.7 Å². The largest absolute Gasteiger partial charge is 0.455 e. The highest BCUT2D eigenvalue weighted by Gasteiger charge is 2.46. The van der Waals surface area contributed by atoms with E-state index in [2.05, 4.69) is 249 Å². The van der Waals surface area contributed by atoms with Crippen molar-refractivity contribution in [1.82, 2.24) is 29.9 Å². The molecule has 0 radical (unpaired) electrons. The van der Waals surface area contributed by atoms with Crippen molar-refractivity contribution >= 4 is 65.4 Å². The van der Waals surface area contributed by atoms with Crippen molar-refractivity contribution in [2.75, 3.05) is 0 Å². The molecule has 0 atom stereocenters. The summed E-state index contributed by atoms with van der Waals surface area (Å²) in [6, 6.07) is 123. The predicted octanol–water partition coefficient (Wildman–Crippen LogP) is 23.5. The van der Waals surface area contributed by atoms with Crippen LogP contribution < -0.4 is 0 Å². The number of rotatable bonds is 10. The van der Waals surface area contributed by atoms with Crippen molar-refractivity contribution in [3.63, 3.8) is 0 Å². The Kier molecular flexibility index (Phi) is 14.3. The van der Waals surface area contributed by atoms with Gasteiger partial charge >= 0.3 is 0 Å². The van der Waals surface area contributed by atoms with E-state index >= 15 is 0 Å². The lowest BCUT2D eigenvalue weighted by Crippen LogP contribution is -2.28. The monoisotopic (exact) mass is 1290 g/mol. The Labute approximate surface area is 581 Å². The second-order valence-electron chi connectivity index (χ2n) is 25.5. The molecule has 0 fully saturated rings. The van der Waals surface area contributed by atoms with Crippen LogP contribution in [0.4, 0.5) is 0 Å². The predicted molar refractivity (Wildman–Crippen MR) is 410 cm³/mol. The molecule has 0 aliphatic heterocycles. The summed E-state index contributed by atoms with van der Waals surface area (Å²) < 4.78 is 12.8. The maximum Gasteiger partial charge on any atom is 0.164 e. The Bertz CT molecular complexity index is 6260. The lowest BCUT2D eigenvalue weighted by Gasteiger charge is -2.34. The molecule has 4 heterocycles. The summed E-state index contributed by atoms with van der Waals surface area (Å²) >= 11 is 0. The zero-order valence-electron chi connectivity index (χ0n) is 54.5. The second kappa shape index (κ2) is 24.5. The van der Waals surface area contributed by atoms with Crippen LogP contribution in [-0.4, -0.2) is 29.9 Å². The molecule has 15 aromatic carbocycles. The molecule has 1 aliphatic carbocycles. The molecule has 19 aromatic rings. The van der Waals surface area contributed by atoms with E-state index < -0.39 is 5.41 Å². The molecule has 0 amide bonds. The first-order valence-corrected chi connectivity index (χ1v) is 34.0. The van der Waals surface area contributed by atoms with Gasteiger partial charge in [-0.1, -0.05) is 322 Å². The summed E-state index contributed by atoms with van der Waals surface area (Å²) in [7, 11) is 0. The average Bonchev–Trinajstić information content (AvgIpc) is 1.55. The highest BCUT2D eigenvalue weighted by Crippen LogP contribution is 2.57. The number of hydrogen-bond acceptors (Lipinski definition) is 8. The van der Waals surface area contributed by atoms with E-state index in [0.29, 0.717) is 34.9 Å². The summed E-state index contributed by atoms with van der Waals surface area (Å²) in [5, 5.41) is 9.03. The van der Waals surface area contributed by atoms with Gasteiger partial charge in [-0.3, -0.25) is 0 Å². The van der Waals surface area contributed by atoms with Gasteiger partial charge < -0.3 is 8.83 Å². The first kappa shape index (κ1) is 58.8. The molecule has 4 aromatic heterocycles. The van der Waals surface area contributed by atoms with Gasteiger partial charge in [0.15, 0.2) is 34.9 Å². The zero-order chi connectivity index (χ0) is 66.8. The Hall–Kier alpha value is -13.6. The van der Waals surface area contributed by atoms with E-state index in [1.165, 1.54) is 33.4 Å². The van der Waals surface area contributed by atoms with Gasteiger partial charge in [-0.2, -0.15) is 0 Å². The number of aromatic nitrogens is 6. The maximum absolute atomic E-state index is 6.40. The second-order valence-corrected chi connectivity index (χ2v) is 25.5. The molecule has 0 bridgehead atoms. The summed E-state index contributed by atoms with van der Waals surface area (Å²) in [5.74, 6) is 3.82. The van der Waals surface area contributed by atoms with Crippen LogP contribution in [-0.2, 0) is 5.41 Å². The SMILES string of the molecule is c1ccc(-c2nc(-c3ccc(-c4cccc5c4ccc4c6ccccc6oc54)cc3)nc(-c3ccc4c(c3)C(c3ccccc3)(c3ccccc3)c3ccccc3-4)n2)cc1.c1ccc(-c2nc(-c3ccccc3)nc(-c3ccc(-c4cccc5ccc6c7ccccc7oc6c45)cc3)n2)cc1. The number of furan rings is 2. The van der Waals surface area contributed by atoms with Gasteiger partial charge in [-0.05, 0) is 96.7 Å². The molecule has 0 spiro atoms. The molecular weight excluding hydrogens is 1230 g/mol. The van der Waals surface area contributed by atoms with Crippen molar-refractivity contribution < 1.29 is 8.83 Å². The van der Waals surface area contributed by atoms with Gasteiger partial charge in [0.1, 0.15) is 22.3 Å². The highest BCUT2D eigenvalue weighted by atomic mass is 16.3. The molecular formula is C93H58N6O2. The van der Waals surface area contributed by atoms with Gasteiger partial charge in [0.2, 0.25) is 0 Å². The Morgan fingerprint density at radius 3 is 1.12 bits per heavy atom. The quantitative estimate of drug-likeness (QED) is 0.133. The molecule has 8 nitrogen and oxygen atoms in total. The van der Waals surface area contributed by atoms with Crippen LogP contribution in [0.25, 0.3) is 167 Å². The standard InChI is InChI=1S/C56H35N3O.C37H23N3O/c1-4-15-37(16-5-1)53-57-54(38-29-27-36(28-30-38)42-23-14-24-47-43(42)33-34-48-46-22-11-13-26-51(46)60-52(47)48)59-55(58-53)39-31-32-45-44-21-10-12-25-49(44)56(50(45)35-39,40-17-6-2-7-18-40)41-19-8-3-9-20-41;1-3-10-26(11-4-1)35-38-36(27-12-5-2-6-13-27)40-37(39-35)28-20-18-24(19-21-28)29-16-9-14-25-22-23-31-30-15-7-8-17-32(30)41-34(31)33(25)29/h1-35H;1-23H. The van der Waals surface area contributed by atoms with E-state index in [9.17, 15) is 0 Å². The van der Waals surface area contributed by atoms with E-state index in [0.717, 1.165) is 121 Å². The Balaban J connectivity index is 0.000000151. The van der Waals surface area contributed by atoms with Crippen LogP contribution >= 0.6 is 0 Å². The number of nitrogens with zero attached hydrogens (tertiary/aromatic N) is 6. The molecule has 101 heavy (non-hydrogen) atoms. The van der Waals surface area contributed by atoms with Gasteiger partial charge in [-0.25, -0.2) is 29.9 Å². The van der Waals surface area contributed by atoms with Gasteiger partial charge in [0.05, 0.1) is 5.41 Å². The van der Waals surface area contributed by atoms with Crippen molar-refractivity contribution in [3.8, 4) is 102 Å². The van der Waals surface area contributed by atoms with Crippen LogP contribution in [0.1, 0.15) is 22.3 Å². The molecule has 0 saturated carbocycles. The van der Waals surface area contributed by atoms with Gasteiger partial charge in [-0.15, -0.1) is 0 Å². The third-order valence-electron chi connectivity index (χ3n) is 19.8. The minimum Gasteiger partial charge on any atom is -0.455 e. The van der Waals surface area contributed by atoms with Crippen molar-refractivity contribution in [3.05, 3.63) is 374 Å². The molecule has 1 aliphatic rings. The molecule has 20 rings (SSSR count). The third-order valence-corrected chi connectivity index (χ3v) is 19.8. The topological polar surface area (TPSA) is 104 Å². The third kappa shape index (κ3) is 10.1. The summed E-state index contributed by atoms with van der Waals surface area (Å²) in [6.45, 7) is 0. The van der Waals surface area contributed by atoms with Crippen LogP contribution in [0, 0.1) is 0 Å². The summed E-state index contributed by atoms with van der Waals surface area (Å²) in [5.41, 5.74) is 20.6. The van der Waals surface area contributed by atoms with E-state index in [4.69, 9.17) is 38.7 Å². The zero-order valence-corrected chi connectivity index (χ0v) is 54.5. The Morgan fingerprint density at radius 1 is 0.208 bits per heavy atom. The maximum atomic E-state index is 6.40. The van der Waals surface area contributed by atoms with Crippen LogP contribution in [0.5, 0.6) is 0 Å². The average molecular weight is 1290 g/mol. The molecule has 0 saturated heterocycles. The first-order chi connectivity index (χ1) is 50.1. The van der Waals surface area contributed by atoms with Crippen molar-refractivity contribution in [2.24, 2.45) is 0 Å². The molecule has 8 heteroatoms. The van der Waals surface area contributed by atoms with E-state index in [-0.39, 0.29) is 0 Å². The molecule has 0 N–H and O–H groups in total. The summed E-state index contributed by atoms with van der Waals surface area (Å²) in [4.78, 5) is 30.1. The number of benzene rings is 15. The van der Waals surface area contributed by atoms with E-state index in [1.54, 1.807) is 0 Å². The lowest BCUT2D eigenvalue weighted by atomic mass is 9.67. The fourth-order valence-corrected chi connectivity index (χ4v) is 15.1. The molecule has 472 valence electrons. The fourth-order valence-electron chi connectivity index (χ4n) is 15.1. The minimum atomic E-state index is -0.532. The van der Waals surface area contributed by atoms with Crippen LogP contribution in [0.15, 0.2) is 361 Å². The number of fused-ring (bicyclic) bond motifs is 13. The minimum absolute atomic E-state index is 0.532. The van der Waals surface area contributed by atoms with Crippen molar-refractivity contribution in [2.45, 2.75) is 5.41 Å². The van der Waals surface area contributed by atoms with Crippen molar-refractivity contribution in [1.29, 1.82) is 0 Å². The van der Waals surface area contributed by atoms with Crippen LogP contribution in [0.3, 0.4) is 0 Å². The normalized spacial score (nSPS) is 12.2. The lowest BCUT2D eigenvalue weighted by molar-refractivity contribution is 0.672. The number of hydrogen-bond donors (Lipinski definition) is 0. The van der Waals surface area contributed by atoms with Gasteiger partial charge in [0.25, 0.3) is 0 Å². The summed E-state index contributed by atoms with van der Waals surface area (Å²) in [6.07, 6.45) is 0. The first-order valence-electron chi connectivity index (χ1n) is 34.0. The smallest absolute Gasteiger partial charge is 0.164 e.